The van der Waals surface area contributed by atoms with E-state index < -0.39 is 0 Å². The Morgan fingerprint density at radius 3 is 2.75 bits per heavy atom. The van der Waals surface area contributed by atoms with Gasteiger partial charge in [-0.15, -0.1) is 41.4 Å². The second-order valence-electron chi connectivity index (χ2n) is 4.45. The molecule has 0 bridgehead atoms. The van der Waals surface area contributed by atoms with Gasteiger partial charge in [-0.2, -0.15) is 0 Å². The Balaban J connectivity index is 0.00000121. The van der Waals surface area contributed by atoms with Crippen LogP contribution in [-0.4, -0.2) is 15.6 Å². The number of hydrogen-bond donors (Lipinski definition) is 0. The largest absolute Gasteiger partial charge is 0.339 e. The normalized spacial score (nSPS) is 11.1. The molecule has 0 spiro atoms. The van der Waals surface area contributed by atoms with Crippen molar-refractivity contribution in [2.24, 2.45) is 0 Å². The summed E-state index contributed by atoms with van der Waals surface area (Å²) in [6.07, 6.45) is 4.15. The molecule has 1 radical (unpaired) electrons. The molecule has 0 aliphatic heterocycles. The second kappa shape index (κ2) is 5.21. The minimum atomic E-state index is 0. The summed E-state index contributed by atoms with van der Waals surface area (Å²) >= 11 is 1.67. The topological polar surface area (TPSA) is 17.3 Å². The van der Waals surface area contributed by atoms with Gasteiger partial charge in [-0.25, -0.2) is 0 Å². The quantitative estimate of drug-likeness (QED) is 0.244. The minimum absolute atomic E-state index is 0. The van der Waals surface area contributed by atoms with E-state index in [1.807, 2.05) is 12.1 Å². The number of benzene rings is 2. The molecule has 2 aromatic heterocycles. The molecule has 0 aliphatic carbocycles. The Morgan fingerprint density at radius 1 is 1.10 bits per heavy atom. The third-order valence-corrected chi connectivity index (χ3v) is 4.04. The van der Waals surface area contributed by atoms with Crippen molar-refractivity contribution in [1.82, 2.24) is 9.38 Å². The summed E-state index contributed by atoms with van der Waals surface area (Å²) in [5.41, 5.74) is 2.18. The predicted molar refractivity (Wildman–Crippen MR) is 80.8 cm³/mol. The molecule has 0 unspecified atom stereocenters. The first-order chi connectivity index (χ1) is 9.38. The van der Waals surface area contributed by atoms with Crippen molar-refractivity contribution in [3.05, 3.63) is 54.7 Å². The number of hydrogen-bond acceptors (Lipinski definition) is 2. The molecule has 0 amide bonds. The van der Waals surface area contributed by atoms with Gasteiger partial charge in [0.25, 0.3) is 0 Å². The Labute approximate surface area is 134 Å². The fraction of sp³-hybridized carbons (Fsp3) is 0.0625. The third-order valence-electron chi connectivity index (χ3n) is 3.43. The van der Waals surface area contributed by atoms with Crippen LogP contribution in [0.4, 0.5) is 0 Å². The van der Waals surface area contributed by atoms with E-state index in [9.17, 15) is 0 Å². The number of aromatic nitrogens is 2. The van der Waals surface area contributed by atoms with Gasteiger partial charge in [-0.3, -0.25) is 4.98 Å². The Kier molecular flexibility index (Phi) is 3.55. The molecule has 0 saturated heterocycles. The van der Waals surface area contributed by atoms with Crippen LogP contribution in [0.5, 0.6) is 0 Å². The van der Waals surface area contributed by atoms with E-state index >= 15 is 0 Å². The van der Waals surface area contributed by atoms with Crippen molar-refractivity contribution in [3.63, 3.8) is 0 Å². The van der Waals surface area contributed by atoms with Crippen molar-refractivity contribution in [1.29, 1.82) is 0 Å². The first-order valence-corrected chi connectivity index (χ1v) is 7.35. The van der Waals surface area contributed by atoms with Gasteiger partial charge < -0.3 is 4.40 Å². The fourth-order valence-electron chi connectivity index (χ4n) is 2.57. The number of rotatable bonds is 1. The van der Waals surface area contributed by atoms with Gasteiger partial charge >= 0.3 is 0 Å². The second-order valence-corrected chi connectivity index (χ2v) is 5.28. The van der Waals surface area contributed by atoms with Gasteiger partial charge in [0.05, 0.1) is 5.65 Å². The fourth-order valence-corrected chi connectivity index (χ4v) is 2.96. The summed E-state index contributed by atoms with van der Waals surface area (Å²) < 4.78 is 2.17. The molecule has 2 aromatic carbocycles. The summed E-state index contributed by atoms with van der Waals surface area (Å²) in [4.78, 5) is 4.70. The average Bonchev–Trinajstić information content (AvgIpc) is 2.92. The van der Waals surface area contributed by atoms with Crippen LogP contribution in [0.1, 0.15) is 0 Å². The molecule has 101 valence electrons. The zero-order valence-electron chi connectivity index (χ0n) is 10.8. The molecule has 0 aliphatic rings. The van der Waals surface area contributed by atoms with Crippen LogP contribution in [0.15, 0.2) is 53.7 Å². The number of para-hydroxylation sites is 1. The van der Waals surface area contributed by atoms with Gasteiger partial charge in [-0.1, -0.05) is 23.6 Å². The third kappa shape index (κ3) is 1.87. The van der Waals surface area contributed by atoms with Gasteiger partial charge in [0.15, 0.2) is 0 Å². The zero-order valence-corrected chi connectivity index (χ0v) is 14.0. The Hall–Kier alpha value is -1.35. The average molecular weight is 456 g/mol. The SMILES string of the molecule is CSc1cn2c3ccccc3c3ccc[c-]c3c2n1.[Ir]. The van der Waals surface area contributed by atoms with Crippen LogP contribution in [0.25, 0.3) is 27.3 Å². The van der Waals surface area contributed by atoms with Gasteiger partial charge in [-0.05, 0) is 17.7 Å². The van der Waals surface area contributed by atoms with Crippen LogP contribution >= 0.6 is 11.8 Å². The standard InChI is InChI=1S/C16H11N2S.Ir/c1-19-15-10-18-14-9-5-4-7-12(14)11-6-2-3-8-13(11)16(18)17-15;/h2-7,9-10H,1H3;/q-1;. The number of nitrogens with zero attached hydrogens (tertiary/aromatic N) is 2. The van der Waals surface area contributed by atoms with Crippen LogP contribution in [0.3, 0.4) is 0 Å². The van der Waals surface area contributed by atoms with E-state index in [0.717, 1.165) is 16.1 Å². The molecular weight excluding hydrogens is 444 g/mol. The molecule has 4 rings (SSSR count). The molecule has 4 aromatic rings. The maximum atomic E-state index is 4.70. The molecule has 2 nitrogen and oxygen atoms in total. The van der Waals surface area contributed by atoms with Gasteiger partial charge in [0, 0.05) is 31.8 Å². The molecule has 0 fully saturated rings. The molecule has 0 N–H and O–H groups in total. The first-order valence-electron chi connectivity index (χ1n) is 6.13. The van der Waals surface area contributed by atoms with E-state index in [0.29, 0.717) is 0 Å². The summed E-state index contributed by atoms with van der Waals surface area (Å²) in [5.74, 6) is 0. The van der Waals surface area contributed by atoms with Crippen molar-refractivity contribution < 1.29 is 20.1 Å². The Bertz CT molecular complexity index is 841. The number of fused-ring (bicyclic) bond motifs is 6. The van der Waals surface area contributed by atoms with Crippen molar-refractivity contribution in [3.8, 4) is 0 Å². The molecule has 4 heteroatoms. The number of thioether (sulfide) groups is 1. The molecular formula is C16H11IrN2S-. The van der Waals surface area contributed by atoms with Crippen molar-refractivity contribution >= 4 is 39.1 Å². The molecule has 0 saturated carbocycles. The predicted octanol–water partition coefficient (Wildman–Crippen LogP) is 4.16. The zero-order chi connectivity index (χ0) is 12.8. The number of pyridine rings is 1. The molecule has 20 heavy (non-hydrogen) atoms. The van der Waals surface area contributed by atoms with E-state index in [-0.39, 0.29) is 20.1 Å². The maximum absolute atomic E-state index is 4.70. The van der Waals surface area contributed by atoms with Crippen LogP contribution in [0.2, 0.25) is 0 Å². The summed E-state index contributed by atoms with van der Waals surface area (Å²) in [6, 6.07) is 17.9. The molecule has 0 atom stereocenters. The maximum Gasteiger partial charge on any atom is 0.103 e. The van der Waals surface area contributed by atoms with E-state index in [1.165, 1.54) is 16.3 Å². The van der Waals surface area contributed by atoms with Crippen molar-refractivity contribution in [2.75, 3.05) is 6.26 Å². The van der Waals surface area contributed by atoms with Crippen LogP contribution in [0, 0.1) is 6.07 Å². The summed E-state index contributed by atoms with van der Waals surface area (Å²) in [7, 11) is 0. The van der Waals surface area contributed by atoms with Crippen molar-refractivity contribution in [2.45, 2.75) is 5.03 Å². The molecule has 2 heterocycles. The minimum Gasteiger partial charge on any atom is -0.339 e. The van der Waals surface area contributed by atoms with Crippen LogP contribution in [-0.2, 0) is 20.1 Å². The Morgan fingerprint density at radius 2 is 1.90 bits per heavy atom. The van der Waals surface area contributed by atoms with E-state index in [2.05, 4.69) is 53.3 Å². The van der Waals surface area contributed by atoms with E-state index in [1.54, 1.807) is 11.8 Å². The first kappa shape index (κ1) is 13.6. The smallest absolute Gasteiger partial charge is 0.103 e. The van der Waals surface area contributed by atoms with Gasteiger partial charge in [0.1, 0.15) is 5.03 Å². The monoisotopic (exact) mass is 456 g/mol. The van der Waals surface area contributed by atoms with E-state index in [4.69, 9.17) is 4.98 Å². The summed E-state index contributed by atoms with van der Waals surface area (Å²) in [5, 5.41) is 4.58. The van der Waals surface area contributed by atoms with Crippen LogP contribution < -0.4 is 0 Å². The summed E-state index contributed by atoms with van der Waals surface area (Å²) in [6.45, 7) is 0. The van der Waals surface area contributed by atoms with Gasteiger partial charge in [0.2, 0.25) is 0 Å². The number of imidazole rings is 1.